The molecule has 24 nitrogen and oxygen atoms in total. The average Bonchev–Trinajstić information content (AvgIpc) is 3.47. The van der Waals surface area contributed by atoms with Crippen LogP contribution in [0, 0.1) is 0 Å². The van der Waals surface area contributed by atoms with Crippen LogP contribution in [-0.4, -0.2) is 137 Å². The Morgan fingerprint density at radius 1 is 0.509 bits per heavy atom. The number of carboxylic acids is 6. The minimum atomic E-state index is -2.23. The second kappa shape index (κ2) is 20.2. The third-order valence-electron chi connectivity index (χ3n) is 7.49. The van der Waals surface area contributed by atoms with E-state index in [0.29, 0.717) is 5.56 Å². The van der Waals surface area contributed by atoms with Gasteiger partial charge in [-0.2, -0.15) is 0 Å². The lowest BCUT2D eigenvalue weighted by molar-refractivity contribution is -0.148. The number of fused-ring (bicyclic) bond motifs is 1. The van der Waals surface area contributed by atoms with Crippen molar-refractivity contribution in [2.45, 2.75) is 74.8 Å². The molecule has 0 saturated heterocycles. The summed E-state index contributed by atoms with van der Waals surface area (Å²) in [6, 6.07) is -4.96. The summed E-state index contributed by atoms with van der Waals surface area (Å²) >= 11 is 0. The highest BCUT2D eigenvalue weighted by Crippen LogP contribution is 2.19. The van der Waals surface area contributed by atoms with Gasteiger partial charge < -0.3 is 67.9 Å². The summed E-state index contributed by atoms with van der Waals surface area (Å²) in [5, 5.41) is 65.5. The highest BCUT2D eigenvalue weighted by Gasteiger charge is 2.36. The van der Waals surface area contributed by atoms with Crippen LogP contribution in [0.3, 0.4) is 0 Å². The van der Waals surface area contributed by atoms with E-state index in [0.717, 1.165) is 10.9 Å². The Kier molecular flexibility index (Phi) is 16.2. The van der Waals surface area contributed by atoms with E-state index in [-0.39, 0.29) is 6.42 Å². The van der Waals surface area contributed by atoms with E-state index in [1.54, 1.807) is 41.1 Å². The molecular weight excluding hydrogens is 742 g/mol. The quantitative estimate of drug-likeness (QED) is 0.0510. The molecule has 2 aromatic rings. The van der Waals surface area contributed by atoms with Gasteiger partial charge >= 0.3 is 35.8 Å². The Balaban J connectivity index is 2.26. The summed E-state index contributed by atoms with van der Waals surface area (Å²) in [5.41, 5.74) is 7.35. The molecule has 0 unspecified atom stereocenters. The molecule has 298 valence electrons. The summed E-state index contributed by atoms with van der Waals surface area (Å²) < 4.78 is 0. The van der Waals surface area contributed by atoms with Crippen molar-refractivity contribution in [2.75, 3.05) is 0 Å². The van der Waals surface area contributed by atoms with E-state index >= 15 is 0 Å². The summed E-state index contributed by atoms with van der Waals surface area (Å²) in [6.45, 7) is 0. The molecule has 0 aliphatic rings. The predicted molar refractivity (Wildman–Crippen MR) is 179 cm³/mol. The molecule has 2 rings (SSSR count). The zero-order valence-corrected chi connectivity index (χ0v) is 28.3. The lowest BCUT2D eigenvalue weighted by Crippen LogP contribution is -2.60. The maximum absolute atomic E-state index is 13.2. The van der Waals surface area contributed by atoms with Crippen molar-refractivity contribution in [3.8, 4) is 0 Å². The minimum absolute atomic E-state index is 0.0776. The zero-order valence-electron chi connectivity index (χ0n) is 28.3. The Labute approximate surface area is 307 Å². The molecule has 1 aromatic carbocycles. The molecular formula is C31H37N7O17. The van der Waals surface area contributed by atoms with Crippen molar-refractivity contribution >= 4 is 76.3 Å². The second-order valence-corrected chi connectivity index (χ2v) is 11.8. The summed E-state index contributed by atoms with van der Waals surface area (Å²) in [5.74, 6) is -17.5. The standard InChI is InChI=1S/C31H37N7O17/c32-14(5-12-11-33-15-4-2-1-3-13(12)15)26(49)34-16(6-21(39)40)27(50)35-17(7-22(41)42)28(51)36-18(8-23(43)44)29(52)37-19(9-24(45)46)30(53)38-20(31(54)55)10-25(47)48/h1-4,11,14,16-20,33H,5-10,32H2,(H,34,49)(H,35,50)(H,36,51)(H,37,52)(H,38,53)(H,39,40)(H,41,42)(H,43,44)(H,45,46)(H,47,48)(H,54,55)/t14-,16-,17-,18-,19-,20-/m0/s1. The topological polar surface area (TPSA) is 411 Å². The molecule has 1 heterocycles. The Morgan fingerprint density at radius 3 is 1.20 bits per heavy atom. The van der Waals surface area contributed by atoms with Crippen LogP contribution in [0.2, 0.25) is 0 Å². The maximum atomic E-state index is 13.2. The fourth-order valence-electron chi connectivity index (χ4n) is 4.91. The fraction of sp³-hybridized carbons (Fsp3) is 0.387. The molecule has 55 heavy (non-hydrogen) atoms. The molecule has 0 radical (unpaired) electrons. The minimum Gasteiger partial charge on any atom is -0.481 e. The third kappa shape index (κ3) is 14.4. The number of aromatic amines is 1. The van der Waals surface area contributed by atoms with E-state index in [1.165, 1.54) is 0 Å². The van der Waals surface area contributed by atoms with Gasteiger partial charge in [-0.25, -0.2) is 4.79 Å². The van der Waals surface area contributed by atoms with Crippen molar-refractivity contribution < 1.29 is 83.4 Å². The number of carboxylic acid groups (broad SMARTS) is 6. The van der Waals surface area contributed by atoms with Gasteiger partial charge in [0.15, 0.2) is 0 Å². The van der Waals surface area contributed by atoms with Gasteiger partial charge in [0.25, 0.3) is 0 Å². The third-order valence-corrected chi connectivity index (χ3v) is 7.49. The molecule has 24 heteroatoms. The molecule has 0 fully saturated rings. The van der Waals surface area contributed by atoms with Crippen LogP contribution >= 0.6 is 0 Å². The predicted octanol–water partition coefficient (Wildman–Crippen LogP) is -4.08. The first-order valence-corrected chi connectivity index (χ1v) is 15.8. The maximum Gasteiger partial charge on any atom is 0.326 e. The van der Waals surface area contributed by atoms with Crippen molar-refractivity contribution in [1.82, 2.24) is 31.6 Å². The van der Waals surface area contributed by atoms with Crippen LogP contribution in [0.1, 0.15) is 37.7 Å². The van der Waals surface area contributed by atoms with E-state index in [9.17, 15) is 78.3 Å². The molecule has 0 saturated carbocycles. The molecule has 0 spiro atoms. The number of carbonyl (C=O) groups excluding carboxylic acids is 5. The number of benzene rings is 1. The number of nitrogens with two attached hydrogens (primary N) is 1. The molecule has 14 N–H and O–H groups in total. The van der Waals surface area contributed by atoms with Gasteiger partial charge in [-0.05, 0) is 18.1 Å². The van der Waals surface area contributed by atoms with Gasteiger partial charge in [0.1, 0.15) is 30.2 Å². The number of hydrogen-bond acceptors (Lipinski definition) is 12. The Hall–Kier alpha value is -7.11. The van der Waals surface area contributed by atoms with Gasteiger partial charge in [-0.3, -0.25) is 47.9 Å². The number of nitrogens with one attached hydrogen (secondary N) is 6. The average molecular weight is 780 g/mol. The summed E-state index contributed by atoms with van der Waals surface area (Å²) in [6.07, 6.45) is -4.56. The molecule has 0 aliphatic carbocycles. The lowest BCUT2D eigenvalue weighted by Gasteiger charge is -2.25. The van der Waals surface area contributed by atoms with Crippen LogP contribution in [0.25, 0.3) is 10.9 Å². The number of rotatable bonds is 23. The van der Waals surface area contributed by atoms with Crippen LogP contribution in [-0.2, 0) is 59.2 Å². The number of para-hydroxylation sites is 1. The van der Waals surface area contributed by atoms with Gasteiger partial charge in [0, 0.05) is 17.1 Å². The van der Waals surface area contributed by atoms with E-state index in [1.807, 2.05) is 10.6 Å². The van der Waals surface area contributed by atoms with Crippen LogP contribution in [0.5, 0.6) is 0 Å². The van der Waals surface area contributed by atoms with Crippen LogP contribution in [0.15, 0.2) is 30.5 Å². The lowest BCUT2D eigenvalue weighted by atomic mass is 10.0. The Morgan fingerprint density at radius 2 is 0.836 bits per heavy atom. The number of H-pyrrole nitrogens is 1. The number of amides is 5. The number of hydrogen-bond donors (Lipinski definition) is 13. The van der Waals surface area contributed by atoms with Crippen molar-refractivity contribution in [3.05, 3.63) is 36.0 Å². The highest BCUT2D eigenvalue weighted by molar-refractivity contribution is 6.00. The molecule has 6 atom stereocenters. The zero-order chi connectivity index (χ0) is 41.6. The monoisotopic (exact) mass is 779 g/mol. The fourth-order valence-corrected chi connectivity index (χ4v) is 4.91. The largest absolute Gasteiger partial charge is 0.481 e. The van der Waals surface area contributed by atoms with Crippen LogP contribution in [0.4, 0.5) is 0 Å². The van der Waals surface area contributed by atoms with Gasteiger partial charge in [-0.15, -0.1) is 0 Å². The van der Waals surface area contributed by atoms with Gasteiger partial charge in [0.2, 0.25) is 29.5 Å². The van der Waals surface area contributed by atoms with Gasteiger partial charge in [-0.1, -0.05) is 18.2 Å². The first kappa shape index (κ1) is 44.1. The number of aromatic nitrogens is 1. The van der Waals surface area contributed by atoms with E-state index < -0.39 is 134 Å². The van der Waals surface area contributed by atoms with E-state index in [2.05, 4.69) is 10.3 Å². The van der Waals surface area contributed by atoms with Crippen molar-refractivity contribution in [1.29, 1.82) is 0 Å². The smallest absolute Gasteiger partial charge is 0.326 e. The molecule has 5 amide bonds. The van der Waals surface area contributed by atoms with Crippen molar-refractivity contribution in [3.63, 3.8) is 0 Å². The van der Waals surface area contributed by atoms with Gasteiger partial charge in [0.05, 0.1) is 38.1 Å². The first-order valence-electron chi connectivity index (χ1n) is 15.8. The normalized spacial score (nSPS) is 14.1. The second-order valence-electron chi connectivity index (χ2n) is 11.8. The Bertz CT molecular complexity index is 1840. The summed E-state index contributed by atoms with van der Waals surface area (Å²) in [7, 11) is 0. The van der Waals surface area contributed by atoms with Crippen molar-refractivity contribution in [2.24, 2.45) is 5.73 Å². The molecule has 0 bridgehead atoms. The van der Waals surface area contributed by atoms with Crippen LogP contribution < -0.4 is 32.3 Å². The molecule has 0 aliphatic heterocycles. The van der Waals surface area contributed by atoms with E-state index in [4.69, 9.17) is 10.8 Å². The SMILES string of the molecule is N[C@@H](Cc1c[nH]c2ccccc12)C(=O)N[C@@H](CC(=O)O)C(=O)N[C@@H](CC(=O)O)C(=O)N[C@@H](CC(=O)O)C(=O)N[C@@H](CC(=O)O)C(=O)N[C@@H](CC(=O)O)C(=O)O. The first-order chi connectivity index (χ1) is 25.7. The number of carbonyl (C=O) groups is 11. The highest BCUT2D eigenvalue weighted by atomic mass is 16.4. The number of aliphatic carboxylic acids is 6. The molecule has 1 aromatic heterocycles. The summed E-state index contributed by atoms with van der Waals surface area (Å²) in [4.78, 5) is 137.